The summed E-state index contributed by atoms with van der Waals surface area (Å²) in [5.74, 6) is 0.396. The zero-order chi connectivity index (χ0) is 14.8. The van der Waals surface area contributed by atoms with Crippen LogP contribution in [0.15, 0.2) is 24.3 Å². The molecule has 0 aliphatic carbocycles. The summed E-state index contributed by atoms with van der Waals surface area (Å²) < 4.78 is 0. The molecule has 0 aliphatic heterocycles. The Morgan fingerprint density at radius 3 is 2.25 bits per heavy atom. The molecule has 0 heterocycles. The normalized spacial score (nSPS) is 12.8. The highest BCUT2D eigenvalue weighted by molar-refractivity contribution is 5.97. The average Bonchev–Trinajstić information content (AvgIpc) is 2.35. The summed E-state index contributed by atoms with van der Waals surface area (Å²) in [4.78, 5) is 14.0. The van der Waals surface area contributed by atoms with Crippen LogP contribution < -0.4 is 10.6 Å². The maximum atomic E-state index is 12.4. The van der Waals surface area contributed by atoms with Crippen LogP contribution >= 0.6 is 12.4 Å². The number of hydrogen-bond donors (Lipinski definition) is 1. The van der Waals surface area contributed by atoms with Crippen LogP contribution in [0, 0.1) is 5.41 Å². The van der Waals surface area contributed by atoms with Gasteiger partial charge in [0, 0.05) is 12.7 Å². The van der Waals surface area contributed by atoms with E-state index in [9.17, 15) is 4.79 Å². The highest BCUT2D eigenvalue weighted by Gasteiger charge is 2.30. The van der Waals surface area contributed by atoms with E-state index >= 15 is 0 Å². The van der Waals surface area contributed by atoms with Gasteiger partial charge in [-0.05, 0) is 29.0 Å². The van der Waals surface area contributed by atoms with E-state index in [0.717, 1.165) is 5.69 Å². The molecule has 0 radical (unpaired) electrons. The first-order valence-corrected chi connectivity index (χ1v) is 6.77. The van der Waals surface area contributed by atoms with E-state index in [1.807, 2.05) is 32.9 Å². The molecule has 1 atom stereocenters. The van der Waals surface area contributed by atoms with Gasteiger partial charge in [0.05, 0.1) is 6.04 Å². The van der Waals surface area contributed by atoms with Crippen molar-refractivity contribution in [2.24, 2.45) is 11.1 Å². The lowest BCUT2D eigenvalue weighted by Gasteiger charge is -2.30. The highest BCUT2D eigenvalue weighted by Crippen LogP contribution is 2.24. The summed E-state index contributed by atoms with van der Waals surface area (Å²) in [6.07, 6.45) is 0. The summed E-state index contributed by atoms with van der Waals surface area (Å²) >= 11 is 0. The molecule has 1 aromatic rings. The molecule has 1 aromatic carbocycles. The molecule has 0 unspecified atom stereocenters. The molecule has 20 heavy (non-hydrogen) atoms. The smallest absolute Gasteiger partial charge is 0.244 e. The summed E-state index contributed by atoms with van der Waals surface area (Å²) in [5, 5.41) is 0. The van der Waals surface area contributed by atoms with Crippen LogP contribution in [0.1, 0.15) is 46.1 Å². The van der Waals surface area contributed by atoms with E-state index in [0.29, 0.717) is 5.92 Å². The van der Waals surface area contributed by atoms with Crippen LogP contribution in [-0.2, 0) is 4.79 Å². The van der Waals surface area contributed by atoms with Gasteiger partial charge in [0.15, 0.2) is 0 Å². The Morgan fingerprint density at radius 2 is 1.80 bits per heavy atom. The second kappa shape index (κ2) is 7.09. The minimum atomic E-state index is -0.500. The molecule has 0 saturated heterocycles. The third kappa shape index (κ3) is 4.50. The number of likely N-dealkylation sites (N-methyl/N-ethyl adjacent to an activating group) is 1. The maximum Gasteiger partial charge on any atom is 0.244 e. The van der Waals surface area contributed by atoms with Crippen LogP contribution in [0.25, 0.3) is 0 Å². The van der Waals surface area contributed by atoms with E-state index < -0.39 is 6.04 Å². The van der Waals surface area contributed by atoms with E-state index in [-0.39, 0.29) is 23.7 Å². The third-order valence-corrected chi connectivity index (χ3v) is 3.45. The SMILES string of the molecule is CC(C)c1cccc(N(C)C(=O)[C@@H](N)C(C)(C)C)c1.Cl. The van der Waals surface area contributed by atoms with Crippen molar-refractivity contribution in [2.45, 2.75) is 46.6 Å². The lowest BCUT2D eigenvalue weighted by Crippen LogP contribution is -2.49. The zero-order valence-electron chi connectivity index (χ0n) is 13.3. The number of hydrogen-bond acceptors (Lipinski definition) is 2. The fourth-order valence-electron chi connectivity index (χ4n) is 1.80. The van der Waals surface area contributed by atoms with Crippen LogP contribution in [0.5, 0.6) is 0 Å². The predicted molar refractivity (Wildman–Crippen MR) is 88.6 cm³/mol. The molecule has 0 bridgehead atoms. The third-order valence-electron chi connectivity index (χ3n) is 3.45. The Hall–Kier alpha value is -1.06. The second-order valence-corrected chi connectivity index (χ2v) is 6.49. The van der Waals surface area contributed by atoms with Crippen molar-refractivity contribution in [3.05, 3.63) is 29.8 Å². The summed E-state index contributed by atoms with van der Waals surface area (Å²) in [6.45, 7) is 10.2. The van der Waals surface area contributed by atoms with Gasteiger partial charge in [-0.25, -0.2) is 0 Å². The summed E-state index contributed by atoms with van der Waals surface area (Å²) in [5.41, 5.74) is 7.93. The topological polar surface area (TPSA) is 46.3 Å². The number of carbonyl (C=O) groups is 1. The number of rotatable bonds is 3. The molecule has 4 heteroatoms. The van der Waals surface area contributed by atoms with Crippen LogP contribution in [0.4, 0.5) is 5.69 Å². The van der Waals surface area contributed by atoms with Gasteiger partial charge in [-0.3, -0.25) is 4.79 Å². The lowest BCUT2D eigenvalue weighted by molar-refractivity contribution is -0.121. The van der Waals surface area contributed by atoms with Crippen molar-refractivity contribution in [3.8, 4) is 0 Å². The minimum Gasteiger partial charge on any atom is -0.319 e. The van der Waals surface area contributed by atoms with Crippen molar-refractivity contribution in [1.29, 1.82) is 0 Å². The molecule has 3 nitrogen and oxygen atoms in total. The number of benzene rings is 1. The van der Waals surface area contributed by atoms with Crippen LogP contribution in [0.2, 0.25) is 0 Å². The minimum absolute atomic E-state index is 0. The Balaban J connectivity index is 0.00000361. The Bertz CT molecular complexity index is 452. The molecule has 114 valence electrons. The van der Waals surface area contributed by atoms with Gasteiger partial charge >= 0.3 is 0 Å². The van der Waals surface area contributed by atoms with Crippen LogP contribution in [0.3, 0.4) is 0 Å². The second-order valence-electron chi connectivity index (χ2n) is 6.49. The fraction of sp³-hybridized carbons (Fsp3) is 0.562. The number of anilines is 1. The van der Waals surface area contributed by atoms with E-state index in [1.54, 1.807) is 11.9 Å². The predicted octanol–water partition coefficient (Wildman–Crippen LogP) is 3.57. The number of nitrogens with two attached hydrogens (primary N) is 1. The molecule has 0 aromatic heterocycles. The Labute approximate surface area is 128 Å². The monoisotopic (exact) mass is 298 g/mol. The Kier molecular flexibility index (Phi) is 6.72. The van der Waals surface area contributed by atoms with E-state index in [4.69, 9.17) is 5.73 Å². The Morgan fingerprint density at radius 1 is 1.25 bits per heavy atom. The van der Waals surface area contributed by atoms with E-state index in [2.05, 4.69) is 26.0 Å². The zero-order valence-corrected chi connectivity index (χ0v) is 14.1. The molecule has 2 N–H and O–H groups in total. The maximum absolute atomic E-state index is 12.4. The fourth-order valence-corrected chi connectivity index (χ4v) is 1.80. The first-order valence-electron chi connectivity index (χ1n) is 6.77. The molecule has 1 amide bonds. The number of carbonyl (C=O) groups excluding carboxylic acids is 1. The first kappa shape index (κ1) is 18.9. The van der Waals surface area contributed by atoms with Crippen molar-refractivity contribution >= 4 is 24.0 Å². The molecule has 0 saturated carbocycles. The summed E-state index contributed by atoms with van der Waals surface area (Å²) in [7, 11) is 1.79. The molecule has 0 fully saturated rings. The number of halogens is 1. The molecular formula is C16H27ClN2O. The summed E-state index contributed by atoms with van der Waals surface area (Å²) in [6, 6.07) is 7.56. The quantitative estimate of drug-likeness (QED) is 0.927. The van der Waals surface area contributed by atoms with Crippen molar-refractivity contribution in [2.75, 3.05) is 11.9 Å². The van der Waals surface area contributed by atoms with Gasteiger partial charge in [0.2, 0.25) is 5.91 Å². The van der Waals surface area contributed by atoms with Gasteiger partial charge in [0.25, 0.3) is 0 Å². The molecular weight excluding hydrogens is 272 g/mol. The molecule has 1 rings (SSSR count). The van der Waals surface area contributed by atoms with Gasteiger partial charge in [-0.15, -0.1) is 12.4 Å². The average molecular weight is 299 g/mol. The first-order chi connectivity index (χ1) is 8.64. The van der Waals surface area contributed by atoms with Gasteiger partial charge in [0.1, 0.15) is 0 Å². The van der Waals surface area contributed by atoms with Crippen molar-refractivity contribution < 1.29 is 4.79 Å². The van der Waals surface area contributed by atoms with Gasteiger partial charge in [-0.1, -0.05) is 46.8 Å². The highest BCUT2D eigenvalue weighted by atomic mass is 35.5. The van der Waals surface area contributed by atoms with Gasteiger partial charge in [-0.2, -0.15) is 0 Å². The largest absolute Gasteiger partial charge is 0.319 e. The van der Waals surface area contributed by atoms with Crippen LogP contribution in [-0.4, -0.2) is 19.0 Å². The molecule has 0 spiro atoms. The van der Waals surface area contributed by atoms with E-state index in [1.165, 1.54) is 5.56 Å². The lowest BCUT2D eigenvalue weighted by atomic mass is 9.86. The number of amides is 1. The number of nitrogens with zero attached hydrogens (tertiary/aromatic N) is 1. The van der Waals surface area contributed by atoms with Gasteiger partial charge < -0.3 is 10.6 Å². The standard InChI is InChI=1S/C16H26N2O.ClH/c1-11(2)12-8-7-9-13(10-12)18(6)15(19)14(17)16(3,4)5;/h7-11,14H,17H2,1-6H3;1H/t14-;/m1./s1. The van der Waals surface area contributed by atoms with Crippen molar-refractivity contribution in [3.63, 3.8) is 0 Å². The molecule has 0 aliphatic rings. The van der Waals surface area contributed by atoms with Crippen molar-refractivity contribution in [1.82, 2.24) is 0 Å².